The number of aromatic hydroxyl groups is 1. The van der Waals surface area contributed by atoms with E-state index in [9.17, 15) is 19.8 Å². The minimum atomic E-state index is -0.651. The van der Waals surface area contributed by atoms with Gasteiger partial charge in [-0.3, -0.25) is 9.59 Å². The molecule has 4 nitrogen and oxygen atoms in total. The third kappa shape index (κ3) is 2.84. The van der Waals surface area contributed by atoms with Crippen molar-refractivity contribution in [3.63, 3.8) is 0 Å². The van der Waals surface area contributed by atoms with Gasteiger partial charge in [0.05, 0.1) is 17.1 Å². The molecule has 4 heteroatoms. The van der Waals surface area contributed by atoms with Crippen molar-refractivity contribution in [2.45, 2.75) is 25.2 Å². The first-order chi connectivity index (χ1) is 14.5. The quantitative estimate of drug-likeness (QED) is 0.641. The molecule has 0 heterocycles. The Labute approximate surface area is 173 Å². The minimum absolute atomic E-state index is 0.0492. The molecule has 0 bridgehead atoms. The maximum atomic E-state index is 13.5. The first kappa shape index (κ1) is 18.4. The lowest BCUT2D eigenvalue weighted by molar-refractivity contribution is -0.119. The summed E-state index contributed by atoms with van der Waals surface area (Å²) in [6.07, 6.45) is 2.92. The number of benzene rings is 3. The highest BCUT2D eigenvalue weighted by atomic mass is 16.3. The van der Waals surface area contributed by atoms with E-state index in [0.717, 1.165) is 16.3 Å². The van der Waals surface area contributed by atoms with E-state index in [1.165, 1.54) is 6.07 Å². The SMILES string of the molecule is O=C1C2=C(CCC=C2O)C(C(=O)Cc2ccc3ccccc3c2)c2cccc(O)c21. The van der Waals surface area contributed by atoms with Crippen LogP contribution < -0.4 is 0 Å². The van der Waals surface area contributed by atoms with Gasteiger partial charge >= 0.3 is 0 Å². The number of fused-ring (bicyclic) bond motifs is 2. The zero-order chi connectivity index (χ0) is 20.8. The molecule has 0 spiro atoms. The van der Waals surface area contributed by atoms with Crippen LogP contribution in [0.1, 0.15) is 40.2 Å². The number of ketones is 2. The lowest BCUT2D eigenvalue weighted by atomic mass is 9.71. The highest BCUT2D eigenvalue weighted by molar-refractivity contribution is 6.18. The Morgan fingerprint density at radius 1 is 0.967 bits per heavy atom. The Balaban J connectivity index is 1.60. The van der Waals surface area contributed by atoms with Gasteiger partial charge in [-0.1, -0.05) is 54.6 Å². The fraction of sp³-hybridized carbons (Fsp3) is 0.154. The average Bonchev–Trinajstić information content (AvgIpc) is 2.73. The summed E-state index contributed by atoms with van der Waals surface area (Å²) in [5.74, 6) is -1.38. The molecule has 0 saturated carbocycles. The van der Waals surface area contributed by atoms with E-state index in [1.807, 2.05) is 42.5 Å². The van der Waals surface area contributed by atoms with Gasteiger partial charge in [0, 0.05) is 6.42 Å². The molecule has 1 atom stereocenters. The maximum absolute atomic E-state index is 13.5. The molecule has 2 aliphatic rings. The molecule has 0 amide bonds. The number of rotatable bonds is 3. The Hall–Kier alpha value is -3.66. The van der Waals surface area contributed by atoms with E-state index in [1.54, 1.807) is 18.2 Å². The monoisotopic (exact) mass is 396 g/mol. The van der Waals surface area contributed by atoms with E-state index in [2.05, 4.69) is 0 Å². The molecular weight excluding hydrogens is 376 g/mol. The molecule has 3 aromatic carbocycles. The second-order valence-corrected chi connectivity index (χ2v) is 7.86. The van der Waals surface area contributed by atoms with E-state index in [0.29, 0.717) is 24.0 Å². The summed E-state index contributed by atoms with van der Waals surface area (Å²) >= 11 is 0. The van der Waals surface area contributed by atoms with E-state index in [4.69, 9.17) is 0 Å². The number of hydrogen-bond donors (Lipinski definition) is 2. The second kappa shape index (κ2) is 6.99. The molecule has 0 aliphatic heterocycles. The number of carbonyl (C=O) groups excluding carboxylic acids is 2. The fourth-order valence-electron chi connectivity index (χ4n) is 4.68. The van der Waals surface area contributed by atoms with Crippen LogP contribution in [0.3, 0.4) is 0 Å². The van der Waals surface area contributed by atoms with E-state index < -0.39 is 11.7 Å². The van der Waals surface area contributed by atoms with Gasteiger partial charge in [-0.15, -0.1) is 0 Å². The number of aliphatic hydroxyl groups is 1. The Bertz CT molecular complexity index is 1280. The van der Waals surface area contributed by atoms with Crippen LogP contribution in [0.15, 0.2) is 83.6 Å². The molecule has 1 unspecified atom stereocenters. The summed E-state index contributed by atoms with van der Waals surface area (Å²) in [6.45, 7) is 0. The Kier molecular flexibility index (Phi) is 4.28. The van der Waals surface area contributed by atoms with Crippen molar-refractivity contribution in [2.24, 2.45) is 0 Å². The summed E-state index contributed by atoms with van der Waals surface area (Å²) in [6, 6.07) is 18.8. The molecule has 2 aliphatic carbocycles. The normalized spacial score (nSPS) is 18.1. The lowest BCUT2D eigenvalue weighted by Crippen LogP contribution is -2.29. The van der Waals surface area contributed by atoms with Gasteiger partial charge in [0.1, 0.15) is 17.3 Å². The van der Waals surface area contributed by atoms with E-state index in [-0.39, 0.29) is 34.8 Å². The number of carbonyl (C=O) groups is 2. The van der Waals surface area contributed by atoms with Crippen LogP contribution in [-0.2, 0) is 11.2 Å². The van der Waals surface area contributed by atoms with Crippen LogP contribution in [0.2, 0.25) is 0 Å². The zero-order valence-electron chi connectivity index (χ0n) is 16.3. The summed E-state index contributed by atoms with van der Waals surface area (Å²) in [4.78, 5) is 26.5. The number of aliphatic hydroxyl groups excluding tert-OH is 1. The van der Waals surface area contributed by atoms with Crippen LogP contribution in [0, 0.1) is 0 Å². The fourth-order valence-corrected chi connectivity index (χ4v) is 4.68. The van der Waals surface area contributed by atoms with Crippen LogP contribution >= 0.6 is 0 Å². The standard InChI is InChI=1S/C26H20O4/c27-20-9-3-7-18-23(19-8-4-10-21(28)25(19)26(30)24(18)20)22(29)14-15-11-12-16-5-1-2-6-17(16)13-15/h1-3,5-7,9-13,23,27-28H,4,8,14H2. The molecule has 148 valence electrons. The highest BCUT2D eigenvalue weighted by Crippen LogP contribution is 2.45. The van der Waals surface area contributed by atoms with Crippen LogP contribution in [0.4, 0.5) is 0 Å². The molecule has 0 saturated heterocycles. The molecule has 2 N–H and O–H groups in total. The molecule has 0 radical (unpaired) electrons. The van der Waals surface area contributed by atoms with Gasteiger partial charge in [-0.05, 0) is 52.5 Å². The van der Waals surface area contributed by atoms with Crippen LogP contribution in [-0.4, -0.2) is 21.8 Å². The minimum Gasteiger partial charge on any atom is -0.508 e. The molecule has 5 rings (SSSR count). The Morgan fingerprint density at radius 3 is 2.60 bits per heavy atom. The lowest BCUT2D eigenvalue weighted by Gasteiger charge is -2.31. The predicted molar refractivity (Wildman–Crippen MR) is 115 cm³/mol. The van der Waals surface area contributed by atoms with Crippen molar-refractivity contribution >= 4 is 22.3 Å². The third-order valence-electron chi connectivity index (χ3n) is 6.03. The largest absolute Gasteiger partial charge is 0.508 e. The number of Topliss-reactive ketones (excluding diaryl/α,β-unsaturated/α-hetero) is 2. The van der Waals surface area contributed by atoms with Crippen LogP contribution in [0.5, 0.6) is 5.75 Å². The van der Waals surface area contributed by atoms with Gasteiger partial charge in [0.25, 0.3) is 0 Å². The summed E-state index contributed by atoms with van der Waals surface area (Å²) < 4.78 is 0. The molecular formula is C26H20O4. The van der Waals surface area contributed by atoms with Crippen molar-refractivity contribution in [2.75, 3.05) is 0 Å². The molecule has 0 fully saturated rings. The summed E-state index contributed by atoms with van der Waals surface area (Å²) in [7, 11) is 0. The first-order valence-corrected chi connectivity index (χ1v) is 10.0. The van der Waals surface area contributed by atoms with Gasteiger partial charge < -0.3 is 10.2 Å². The molecule has 0 aromatic heterocycles. The summed E-state index contributed by atoms with van der Waals surface area (Å²) in [5.41, 5.74) is 2.38. The van der Waals surface area contributed by atoms with E-state index >= 15 is 0 Å². The van der Waals surface area contributed by atoms with Gasteiger partial charge in [0.2, 0.25) is 5.78 Å². The summed E-state index contributed by atoms with van der Waals surface area (Å²) in [5, 5.41) is 22.9. The van der Waals surface area contributed by atoms with Crippen molar-refractivity contribution in [1.82, 2.24) is 0 Å². The molecule has 30 heavy (non-hydrogen) atoms. The van der Waals surface area contributed by atoms with Crippen molar-refractivity contribution in [1.29, 1.82) is 0 Å². The van der Waals surface area contributed by atoms with Gasteiger partial charge in [-0.2, -0.15) is 0 Å². The Morgan fingerprint density at radius 2 is 1.77 bits per heavy atom. The second-order valence-electron chi connectivity index (χ2n) is 7.86. The number of allylic oxidation sites excluding steroid dienone is 3. The number of phenols is 1. The zero-order valence-corrected chi connectivity index (χ0v) is 16.3. The van der Waals surface area contributed by atoms with Crippen molar-refractivity contribution in [3.8, 4) is 5.75 Å². The van der Waals surface area contributed by atoms with Gasteiger partial charge in [0.15, 0.2) is 0 Å². The third-order valence-corrected chi connectivity index (χ3v) is 6.03. The van der Waals surface area contributed by atoms with Gasteiger partial charge in [-0.25, -0.2) is 0 Å². The number of hydrogen-bond acceptors (Lipinski definition) is 4. The van der Waals surface area contributed by atoms with Crippen molar-refractivity contribution in [3.05, 3.63) is 100 Å². The topological polar surface area (TPSA) is 74.6 Å². The maximum Gasteiger partial charge on any atom is 0.200 e. The highest BCUT2D eigenvalue weighted by Gasteiger charge is 2.40. The number of phenolic OH excluding ortho intramolecular Hbond substituents is 1. The predicted octanol–water partition coefficient (Wildman–Crippen LogP) is 5.17. The van der Waals surface area contributed by atoms with Crippen LogP contribution in [0.25, 0.3) is 10.8 Å². The smallest absolute Gasteiger partial charge is 0.200 e. The average molecular weight is 396 g/mol. The molecule has 3 aromatic rings. The first-order valence-electron chi connectivity index (χ1n) is 10.0. The van der Waals surface area contributed by atoms with Crippen molar-refractivity contribution < 1.29 is 19.8 Å².